The molecule has 0 saturated carbocycles. The summed E-state index contributed by atoms with van der Waals surface area (Å²) >= 11 is 0. The molecular formula is C12H26ClN3O. The first-order valence-electron chi connectivity index (χ1n) is 6.27. The standard InChI is InChI=1S/C12H25N3O.ClH/c1-4-6-11(13)12(16)15-8-5-7-10(9-15)14(2)3;/h10-11H,4-9,13H2,1-3H3;1H. The van der Waals surface area contributed by atoms with Gasteiger partial charge in [0.15, 0.2) is 0 Å². The number of rotatable bonds is 4. The molecule has 2 N–H and O–H groups in total. The number of amides is 1. The normalized spacial score (nSPS) is 22.2. The highest BCUT2D eigenvalue weighted by atomic mass is 35.5. The van der Waals surface area contributed by atoms with Crippen LogP contribution in [-0.4, -0.2) is 55.0 Å². The Morgan fingerprint density at radius 2 is 2.18 bits per heavy atom. The molecule has 5 heteroatoms. The number of halogens is 1. The van der Waals surface area contributed by atoms with Crippen molar-refractivity contribution in [1.82, 2.24) is 9.80 Å². The Labute approximate surface area is 111 Å². The predicted octanol–water partition coefficient (Wildman–Crippen LogP) is 1.09. The molecule has 1 amide bonds. The number of hydrogen-bond donors (Lipinski definition) is 1. The number of nitrogens with zero attached hydrogens (tertiary/aromatic N) is 2. The number of carbonyl (C=O) groups is 1. The highest BCUT2D eigenvalue weighted by molar-refractivity contribution is 5.85. The van der Waals surface area contributed by atoms with Crippen molar-refractivity contribution in [2.24, 2.45) is 5.73 Å². The zero-order chi connectivity index (χ0) is 12.1. The molecule has 0 aromatic carbocycles. The summed E-state index contributed by atoms with van der Waals surface area (Å²) in [6.07, 6.45) is 4.03. The van der Waals surface area contributed by atoms with Gasteiger partial charge in [-0.3, -0.25) is 4.79 Å². The molecule has 102 valence electrons. The van der Waals surface area contributed by atoms with E-state index in [2.05, 4.69) is 25.9 Å². The van der Waals surface area contributed by atoms with Gasteiger partial charge in [0.2, 0.25) is 5.91 Å². The van der Waals surface area contributed by atoms with Gasteiger partial charge >= 0.3 is 0 Å². The summed E-state index contributed by atoms with van der Waals surface area (Å²) in [7, 11) is 4.15. The van der Waals surface area contributed by atoms with Gasteiger partial charge in [-0.2, -0.15) is 0 Å². The molecule has 4 nitrogen and oxygen atoms in total. The van der Waals surface area contributed by atoms with Crippen LogP contribution in [0.2, 0.25) is 0 Å². The first-order valence-corrected chi connectivity index (χ1v) is 6.27. The molecule has 17 heavy (non-hydrogen) atoms. The lowest BCUT2D eigenvalue weighted by atomic mass is 10.0. The van der Waals surface area contributed by atoms with E-state index < -0.39 is 0 Å². The number of likely N-dealkylation sites (tertiary alicyclic amines) is 1. The number of nitrogens with two attached hydrogens (primary N) is 1. The van der Waals surface area contributed by atoms with E-state index in [-0.39, 0.29) is 24.4 Å². The Balaban J connectivity index is 0.00000256. The molecule has 1 fully saturated rings. The molecule has 0 aromatic rings. The van der Waals surface area contributed by atoms with Crippen molar-refractivity contribution in [3.05, 3.63) is 0 Å². The van der Waals surface area contributed by atoms with Crippen LogP contribution >= 0.6 is 12.4 Å². The molecular weight excluding hydrogens is 238 g/mol. The molecule has 1 aliphatic rings. The van der Waals surface area contributed by atoms with Crippen LogP contribution in [0.3, 0.4) is 0 Å². The SMILES string of the molecule is CCCC(N)C(=O)N1CCCC(N(C)C)C1.Cl. The zero-order valence-electron chi connectivity index (χ0n) is 11.2. The van der Waals surface area contributed by atoms with Crippen LogP contribution in [0.4, 0.5) is 0 Å². The maximum Gasteiger partial charge on any atom is 0.239 e. The average molecular weight is 264 g/mol. The summed E-state index contributed by atoms with van der Waals surface area (Å²) in [4.78, 5) is 16.2. The minimum Gasteiger partial charge on any atom is -0.340 e. The van der Waals surface area contributed by atoms with Crippen molar-refractivity contribution < 1.29 is 4.79 Å². The molecule has 1 saturated heterocycles. The maximum atomic E-state index is 12.0. The third kappa shape index (κ3) is 4.82. The molecule has 1 rings (SSSR count). The van der Waals surface area contributed by atoms with Gasteiger partial charge in [-0.25, -0.2) is 0 Å². The third-order valence-corrected chi connectivity index (χ3v) is 3.36. The van der Waals surface area contributed by atoms with Crippen molar-refractivity contribution in [2.75, 3.05) is 27.2 Å². The van der Waals surface area contributed by atoms with Crippen LogP contribution in [-0.2, 0) is 4.79 Å². The van der Waals surface area contributed by atoms with E-state index in [0.29, 0.717) is 6.04 Å². The summed E-state index contributed by atoms with van der Waals surface area (Å²) in [5, 5.41) is 0. The number of likely N-dealkylation sites (N-methyl/N-ethyl adjacent to an activating group) is 1. The van der Waals surface area contributed by atoms with Crippen molar-refractivity contribution in [3.63, 3.8) is 0 Å². The second-order valence-electron chi connectivity index (χ2n) is 4.94. The number of piperidine rings is 1. The highest BCUT2D eigenvalue weighted by Crippen LogP contribution is 2.15. The van der Waals surface area contributed by atoms with Gasteiger partial charge in [0.1, 0.15) is 0 Å². The van der Waals surface area contributed by atoms with Crippen LogP contribution in [0.5, 0.6) is 0 Å². The molecule has 0 radical (unpaired) electrons. The lowest BCUT2D eigenvalue weighted by molar-refractivity contribution is -0.134. The molecule has 2 atom stereocenters. The van der Waals surface area contributed by atoms with Gasteiger partial charge in [-0.1, -0.05) is 13.3 Å². The fourth-order valence-electron chi connectivity index (χ4n) is 2.25. The molecule has 0 spiro atoms. The van der Waals surface area contributed by atoms with E-state index >= 15 is 0 Å². The van der Waals surface area contributed by atoms with Crippen LogP contribution < -0.4 is 5.73 Å². The van der Waals surface area contributed by atoms with Gasteiger partial charge in [0.25, 0.3) is 0 Å². The van der Waals surface area contributed by atoms with Crippen molar-refractivity contribution in [1.29, 1.82) is 0 Å². The lowest BCUT2D eigenvalue weighted by Gasteiger charge is -2.37. The molecule has 2 unspecified atom stereocenters. The smallest absolute Gasteiger partial charge is 0.239 e. The largest absolute Gasteiger partial charge is 0.340 e. The minimum absolute atomic E-state index is 0. The van der Waals surface area contributed by atoms with Crippen molar-refractivity contribution >= 4 is 18.3 Å². The van der Waals surface area contributed by atoms with Crippen LogP contribution in [0.1, 0.15) is 32.6 Å². The quantitative estimate of drug-likeness (QED) is 0.826. The fourth-order valence-corrected chi connectivity index (χ4v) is 2.25. The van der Waals surface area contributed by atoms with Gasteiger partial charge in [-0.15, -0.1) is 12.4 Å². The summed E-state index contributed by atoms with van der Waals surface area (Å²) in [6, 6.07) is 0.192. The van der Waals surface area contributed by atoms with Gasteiger partial charge in [0.05, 0.1) is 6.04 Å². The van der Waals surface area contributed by atoms with Crippen LogP contribution in [0.25, 0.3) is 0 Å². The Bertz CT molecular complexity index is 236. The van der Waals surface area contributed by atoms with E-state index in [4.69, 9.17) is 5.73 Å². The van der Waals surface area contributed by atoms with Gasteiger partial charge in [0, 0.05) is 19.1 Å². The molecule has 0 aromatic heterocycles. The van der Waals surface area contributed by atoms with E-state index in [0.717, 1.165) is 32.4 Å². The van der Waals surface area contributed by atoms with Crippen LogP contribution in [0, 0.1) is 0 Å². The van der Waals surface area contributed by atoms with E-state index in [1.54, 1.807) is 0 Å². The molecule has 0 bridgehead atoms. The monoisotopic (exact) mass is 263 g/mol. The number of carbonyl (C=O) groups excluding carboxylic acids is 1. The first kappa shape index (κ1) is 16.7. The minimum atomic E-state index is -0.300. The van der Waals surface area contributed by atoms with E-state index in [9.17, 15) is 4.79 Å². The van der Waals surface area contributed by atoms with Crippen molar-refractivity contribution in [3.8, 4) is 0 Å². The topological polar surface area (TPSA) is 49.6 Å². The Kier molecular flexibility index (Phi) is 7.75. The maximum absolute atomic E-state index is 12.0. The Morgan fingerprint density at radius 3 is 2.71 bits per heavy atom. The Morgan fingerprint density at radius 1 is 1.53 bits per heavy atom. The van der Waals surface area contributed by atoms with Crippen LogP contribution in [0.15, 0.2) is 0 Å². The zero-order valence-corrected chi connectivity index (χ0v) is 12.0. The Hall–Kier alpha value is -0.320. The molecule has 1 heterocycles. The lowest BCUT2D eigenvalue weighted by Crippen LogP contribution is -2.52. The van der Waals surface area contributed by atoms with Gasteiger partial charge in [-0.05, 0) is 33.4 Å². The molecule has 0 aliphatic carbocycles. The summed E-state index contributed by atoms with van der Waals surface area (Å²) in [6.45, 7) is 3.77. The van der Waals surface area contributed by atoms with E-state index in [1.165, 1.54) is 6.42 Å². The summed E-state index contributed by atoms with van der Waals surface area (Å²) in [5.74, 6) is 0.133. The second kappa shape index (κ2) is 7.90. The predicted molar refractivity (Wildman–Crippen MR) is 73.4 cm³/mol. The first-order chi connectivity index (χ1) is 7.56. The van der Waals surface area contributed by atoms with Gasteiger partial charge < -0.3 is 15.5 Å². The number of hydrogen-bond acceptors (Lipinski definition) is 3. The third-order valence-electron chi connectivity index (χ3n) is 3.36. The summed E-state index contributed by atoms with van der Waals surface area (Å²) in [5.41, 5.74) is 5.88. The van der Waals surface area contributed by atoms with E-state index in [1.807, 2.05) is 4.90 Å². The average Bonchev–Trinajstić information content (AvgIpc) is 2.28. The van der Waals surface area contributed by atoms with Crippen molar-refractivity contribution in [2.45, 2.75) is 44.7 Å². The second-order valence-corrected chi connectivity index (χ2v) is 4.94. The molecule has 1 aliphatic heterocycles. The summed E-state index contributed by atoms with van der Waals surface area (Å²) < 4.78 is 0. The highest BCUT2D eigenvalue weighted by Gasteiger charge is 2.27. The fraction of sp³-hybridized carbons (Fsp3) is 0.917.